The Morgan fingerprint density at radius 3 is 2.00 bits per heavy atom. The lowest BCUT2D eigenvalue weighted by Crippen LogP contribution is -2.30. The van der Waals surface area contributed by atoms with Crippen molar-refractivity contribution in [1.29, 1.82) is 0 Å². The van der Waals surface area contributed by atoms with E-state index in [1.165, 1.54) is 0 Å². The third-order valence-electron chi connectivity index (χ3n) is 4.24. The van der Waals surface area contributed by atoms with E-state index in [1.807, 2.05) is 0 Å². The molecule has 0 aromatic heterocycles. The minimum absolute atomic E-state index is 0.0255. The van der Waals surface area contributed by atoms with Crippen LogP contribution in [0.4, 0.5) is 31.1 Å². The van der Waals surface area contributed by atoms with Crippen LogP contribution in [-0.4, -0.2) is 29.0 Å². The highest BCUT2D eigenvalue weighted by Crippen LogP contribution is 2.38. The van der Waals surface area contributed by atoms with Crippen molar-refractivity contribution in [2.75, 3.05) is 6.54 Å². The number of halogens is 6. The molecule has 0 radical (unpaired) electrons. The number of alkyl halides is 6. The van der Waals surface area contributed by atoms with Crippen molar-refractivity contribution in [3.05, 3.63) is 70.8 Å². The number of benzene rings is 2. The Kier molecular flexibility index (Phi) is 7.91. The smallest absolute Gasteiger partial charge is 0.416 e. The van der Waals surface area contributed by atoms with Crippen LogP contribution in [-0.2, 0) is 23.7 Å². The summed E-state index contributed by atoms with van der Waals surface area (Å²) < 4.78 is 82.4. The molecule has 0 spiro atoms. The van der Waals surface area contributed by atoms with Gasteiger partial charge in [-0.3, -0.25) is 0 Å². The molecule has 1 amide bonds. The van der Waals surface area contributed by atoms with Gasteiger partial charge in [-0.25, -0.2) is 4.79 Å². The molecule has 2 aromatic carbocycles. The molecule has 31 heavy (non-hydrogen) atoms. The number of nitrogens with one attached hydrogen (secondary N) is 1. The van der Waals surface area contributed by atoms with Gasteiger partial charge in [0, 0.05) is 6.54 Å². The van der Waals surface area contributed by atoms with E-state index in [0.717, 1.165) is 5.56 Å². The summed E-state index contributed by atoms with van der Waals surface area (Å²) in [6.45, 7) is -0.265. The third kappa shape index (κ3) is 7.44. The quantitative estimate of drug-likeness (QED) is 0.544. The zero-order valence-corrected chi connectivity index (χ0v) is 15.9. The SMILES string of the molecule is O=C(NCCC(O)C(O)c1cc(C(F)(F)F)cc(C(F)(F)F)c1)OCc1ccccc1. The molecule has 2 aromatic rings. The average molecular weight is 451 g/mol. The van der Waals surface area contributed by atoms with Gasteiger partial charge in [0.25, 0.3) is 0 Å². The molecule has 0 saturated heterocycles. The highest BCUT2D eigenvalue weighted by molar-refractivity contribution is 5.67. The number of alkyl carbamates (subject to hydrolysis) is 1. The van der Waals surface area contributed by atoms with E-state index >= 15 is 0 Å². The molecule has 0 aliphatic heterocycles. The van der Waals surface area contributed by atoms with Gasteiger partial charge in [0.05, 0.1) is 17.2 Å². The Hall–Kier alpha value is -2.79. The standard InChI is InChI=1S/C20H19F6NO4/c21-19(22,23)14-8-13(9-15(10-14)20(24,25)26)17(29)16(28)6-7-27-18(30)31-11-12-4-2-1-3-5-12/h1-5,8-10,16-17,28-29H,6-7,11H2,(H,27,30). The second-order valence-corrected chi connectivity index (χ2v) is 6.63. The van der Waals surface area contributed by atoms with Gasteiger partial charge in [-0.15, -0.1) is 0 Å². The van der Waals surface area contributed by atoms with Crippen molar-refractivity contribution in [3.63, 3.8) is 0 Å². The van der Waals surface area contributed by atoms with Crippen LogP contribution in [0.1, 0.15) is 34.8 Å². The van der Waals surface area contributed by atoms with Crippen LogP contribution in [0.3, 0.4) is 0 Å². The number of hydrogen-bond donors (Lipinski definition) is 3. The van der Waals surface area contributed by atoms with Crippen molar-refractivity contribution in [3.8, 4) is 0 Å². The Labute approximate surface area is 173 Å². The highest BCUT2D eigenvalue weighted by atomic mass is 19.4. The number of hydrogen-bond acceptors (Lipinski definition) is 4. The number of carbonyl (C=O) groups excluding carboxylic acids is 1. The van der Waals surface area contributed by atoms with Gasteiger partial charge in [0.15, 0.2) is 0 Å². The molecule has 3 N–H and O–H groups in total. The maximum Gasteiger partial charge on any atom is 0.416 e. The van der Waals surface area contributed by atoms with Crippen LogP contribution in [0.15, 0.2) is 48.5 Å². The Bertz CT molecular complexity index is 838. The average Bonchev–Trinajstić information content (AvgIpc) is 2.70. The summed E-state index contributed by atoms with van der Waals surface area (Å²) in [5, 5.41) is 22.3. The first-order valence-electron chi connectivity index (χ1n) is 8.98. The van der Waals surface area contributed by atoms with E-state index in [2.05, 4.69) is 5.32 Å². The molecule has 0 bridgehead atoms. The molecule has 11 heteroatoms. The van der Waals surface area contributed by atoms with Gasteiger partial charge >= 0.3 is 18.4 Å². The topological polar surface area (TPSA) is 78.8 Å². The van der Waals surface area contributed by atoms with E-state index in [0.29, 0.717) is 12.1 Å². The van der Waals surface area contributed by atoms with E-state index < -0.39 is 47.3 Å². The first-order valence-corrected chi connectivity index (χ1v) is 8.98. The summed E-state index contributed by atoms with van der Waals surface area (Å²) in [6, 6.07) is 9.30. The van der Waals surface area contributed by atoms with Gasteiger partial charge in [0.2, 0.25) is 0 Å². The summed E-state index contributed by atoms with van der Waals surface area (Å²) in [4.78, 5) is 11.6. The fourth-order valence-corrected chi connectivity index (χ4v) is 2.63. The van der Waals surface area contributed by atoms with Gasteiger partial charge in [0.1, 0.15) is 12.7 Å². The molecule has 0 heterocycles. The van der Waals surface area contributed by atoms with Crippen LogP contribution >= 0.6 is 0 Å². The molecule has 170 valence electrons. The summed E-state index contributed by atoms with van der Waals surface area (Å²) >= 11 is 0. The maximum absolute atomic E-state index is 12.9. The number of amides is 1. The van der Waals surface area contributed by atoms with Crippen LogP contribution in [0.5, 0.6) is 0 Å². The van der Waals surface area contributed by atoms with Crippen molar-refractivity contribution in [2.45, 2.75) is 37.6 Å². The summed E-state index contributed by atoms with van der Waals surface area (Å²) in [7, 11) is 0. The zero-order valence-electron chi connectivity index (χ0n) is 15.9. The highest BCUT2D eigenvalue weighted by Gasteiger charge is 2.38. The molecular formula is C20H19F6NO4. The monoisotopic (exact) mass is 451 g/mol. The summed E-state index contributed by atoms with van der Waals surface area (Å²) in [5.41, 5.74) is -3.24. The van der Waals surface area contributed by atoms with Crippen molar-refractivity contribution >= 4 is 6.09 Å². The molecular weight excluding hydrogens is 432 g/mol. The molecule has 0 aliphatic rings. The Morgan fingerprint density at radius 2 is 1.48 bits per heavy atom. The largest absolute Gasteiger partial charge is 0.445 e. The third-order valence-corrected chi connectivity index (χ3v) is 4.24. The number of carbonyl (C=O) groups is 1. The number of ether oxygens (including phenoxy) is 1. The Balaban J connectivity index is 1.96. The molecule has 0 saturated carbocycles. The maximum atomic E-state index is 12.9. The van der Waals surface area contributed by atoms with E-state index in [-0.39, 0.29) is 25.6 Å². The molecule has 0 aliphatic carbocycles. The first-order chi connectivity index (χ1) is 14.4. The number of aliphatic hydroxyl groups excluding tert-OH is 2. The lowest BCUT2D eigenvalue weighted by Gasteiger charge is -2.21. The normalized spacial score (nSPS) is 14.1. The summed E-state index contributed by atoms with van der Waals surface area (Å²) in [5.74, 6) is 0. The van der Waals surface area contributed by atoms with E-state index in [4.69, 9.17) is 4.74 Å². The fourth-order valence-electron chi connectivity index (χ4n) is 2.63. The minimum atomic E-state index is -5.08. The molecule has 5 nitrogen and oxygen atoms in total. The van der Waals surface area contributed by atoms with Crippen LogP contribution in [0.2, 0.25) is 0 Å². The van der Waals surface area contributed by atoms with Crippen molar-refractivity contribution < 1.29 is 46.1 Å². The van der Waals surface area contributed by atoms with E-state index in [1.54, 1.807) is 30.3 Å². The lowest BCUT2D eigenvalue weighted by atomic mass is 9.97. The lowest BCUT2D eigenvalue weighted by molar-refractivity contribution is -0.143. The van der Waals surface area contributed by atoms with Crippen LogP contribution < -0.4 is 5.32 Å². The van der Waals surface area contributed by atoms with Gasteiger partial charge in [-0.1, -0.05) is 30.3 Å². The van der Waals surface area contributed by atoms with Crippen molar-refractivity contribution in [1.82, 2.24) is 5.32 Å². The molecule has 2 unspecified atom stereocenters. The number of rotatable bonds is 7. The Morgan fingerprint density at radius 1 is 0.935 bits per heavy atom. The van der Waals surface area contributed by atoms with Gasteiger partial charge in [-0.05, 0) is 35.7 Å². The zero-order chi connectivity index (χ0) is 23.2. The van der Waals surface area contributed by atoms with E-state index in [9.17, 15) is 41.4 Å². The minimum Gasteiger partial charge on any atom is -0.445 e. The van der Waals surface area contributed by atoms with Crippen molar-refractivity contribution in [2.24, 2.45) is 0 Å². The van der Waals surface area contributed by atoms with Gasteiger partial charge in [-0.2, -0.15) is 26.3 Å². The first kappa shape index (κ1) is 24.5. The predicted octanol–water partition coefficient (Wildman–Crippen LogP) is 4.44. The molecule has 2 rings (SSSR count). The molecule has 2 atom stereocenters. The van der Waals surface area contributed by atoms with Crippen LogP contribution in [0.25, 0.3) is 0 Å². The fraction of sp³-hybridized carbons (Fsp3) is 0.350. The predicted molar refractivity (Wildman–Crippen MR) is 96.7 cm³/mol. The second kappa shape index (κ2) is 10.0. The summed E-state index contributed by atoms with van der Waals surface area (Å²) in [6.07, 6.45) is -15.1. The van der Waals surface area contributed by atoms with Gasteiger partial charge < -0.3 is 20.3 Å². The number of aliphatic hydroxyl groups is 2. The second-order valence-electron chi connectivity index (χ2n) is 6.63. The molecule has 0 fully saturated rings. The van der Waals surface area contributed by atoms with Crippen LogP contribution in [0, 0.1) is 0 Å².